The average Bonchev–Trinajstić information content (AvgIpc) is 3.24. The number of aromatic nitrogens is 2. The summed E-state index contributed by atoms with van der Waals surface area (Å²) >= 11 is 0. The van der Waals surface area contributed by atoms with Crippen LogP contribution in [0.2, 0.25) is 0 Å². The van der Waals surface area contributed by atoms with Gasteiger partial charge < -0.3 is 9.42 Å². The molecule has 0 saturated carbocycles. The van der Waals surface area contributed by atoms with Crippen LogP contribution >= 0.6 is 0 Å². The number of amides is 1. The Morgan fingerprint density at radius 2 is 2.32 bits per heavy atom. The molecule has 1 amide bonds. The molecule has 3 rings (SSSR count). The van der Waals surface area contributed by atoms with Gasteiger partial charge in [0.1, 0.15) is 11.5 Å². The SMILES string of the molecule is CC(C)c1cc([C@H]2CCCN2C(=O)CN(C)Cc2cccnc2)no1. The van der Waals surface area contributed by atoms with Gasteiger partial charge >= 0.3 is 0 Å². The molecule has 0 aromatic carbocycles. The number of likely N-dealkylation sites (N-methyl/N-ethyl adjacent to an activating group) is 1. The molecule has 25 heavy (non-hydrogen) atoms. The molecule has 0 aliphatic carbocycles. The van der Waals surface area contributed by atoms with Crippen molar-refractivity contribution in [2.24, 2.45) is 0 Å². The molecule has 2 aromatic rings. The Labute approximate surface area is 148 Å². The van der Waals surface area contributed by atoms with Gasteiger partial charge in [-0.15, -0.1) is 0 Å². The van der Waals surface area contributed by atoms with E-state index in [1.807, 2.05) is 41.2 Å². The molecule has 0 unspecified atom stereocenters. The molecule has 2 aromatic heterocycles. The number of nitrogens with zero attached hydrogens (tertiary/aromatic N) is 4. The van der Waals surface area contributed by atoms with Gasteiger partial charge in [0.05, 0.1) is 12.6 Å². The lowest BCUT2D eigenvalue weighted by Crippen LogP contribution is -2.38. The van der Waals surface area contributed by atoms with Gasteiger partial charge in [-0.3, -0.25) is 14.7 Å². The first-order valence-corrected chi connectivity index (χ1v) is 8.88. The highest BCUT2D eigenvalue weighted by molar-refractivity contribution is 5.79. The predicted molar refractivity (Wildman–Crippen MR) is 94.9 cm³/mol. The lowest BCUT2D eigenvalue weighted by molar-refractivity contribution is -0.133. The van der Waals surface area contributed by atoms with Gasteiger partial charge in [-0.25, -0.2) is 0 Å². The third kappa shape index (κ3) is 4.25. The quantitative estimate of drug-likeness (QED) is 0.807. The van der Waals surface area contributed by atoms with Crippen molar-refractivity contribution in [2.45, 2.75) is 45.2 Å². The summed E-state index contributed by atoms with van der Waals surface area (Å²) < 4.78 is 5.42. The Bertz CT molecular complexity index is 698. The fourth-order valence-corrected chi connectivity index (χ4v) is 3.29. The Balaban J connectivity index is 1.62. The van der Waals surface area contributed by atoms with Crippen molar-refractivity contribution in [1.82, 2.24) is 19.9 Å². The molecule has 1 fully saturated rings. The van der Waals surface area contributed by atoms with Crippen LogP contribution in [0.5, 0.6) is 0 Å². The van der Waals surface area contributed by atoms with Crippen LogP contribution in [0.15, 0.2) is 35.1 Å². The average molecular weight is 342 g/mol. The molecular formula is C19H26N4O2. The predicted octanol–water partition coefficient (Wildman–Crippen LogP) is 2.99. The van der Waals surface area contributed by atoms with Crippen LogP contribution in [0.1, 0.15) is 55.7 Å². The number of rotatable bonds is 6. The third-order valence-corrected chi connectivity index (χ3v) is 4.61. The number of carbonyl (C=O) groups excluding carboxylic acids is 1. The molecule has 1 aliphatic rings. The fraction of sp³-hybridized carbons (Fsp3) is 0.526. The van der Waals surface area contributed by atoms with E-state index in [2.05, 4.69) is 24.0 Å². The molecule has 0 bridgehead atoms. The first-order valence-electron chi connectivity index (χ1n) is 8.88. The molecule has 1 aliphatic heterocycles. The first-order chi connectivity index (χ1) is 12.0. The number of hydrogen-bond donors (Lipinski definition) is 0. The van der Waals surface area contributed by atoms with E-state index in [1.165, 1.54) is 0 Å². The molecule has 6 heteroatoms. The van der Waals surface area contributed by atoms with Gasteiger partial charge in [0.15, 0.2) is 0 Å². The molecule has 6 nitrogen and oxygen atoms in total. The number of hydrogen-bond acceptors (Lipinski definition) is 5. The smallest absolute Gasteiger partial charge is 0.237 e. The van der Waals surface area contributed by atoms with Crippen molar-refractivity contribution < 1.29 is 9.32 Å². The van der Waals surface area contributed by atoms with Gasteiger partial charge in [-0.05, 0) is 31.5 Å². The van der Waals surface area contributed by atoms with E-state index < -0.39 is 0 Å². The molecule has 0 radical (unpaired) electrons. The molecule has 0 spiro atoms. The van der Waals surface area contributed by atoms with Crippen LogP contribution in [-0.2, 0) is 11.3 Å². The maximum atomic E-state index is 12.8. The largest absolute Gasteiger partial charge is 0.361 e. The van der Waals surface area contributed by atoms with E-state index in [0.29, 0.717) is 19.0 Å². The Hall–Kier alpha value is -2.21. The lowest BCUT2D eigenvalue weighted by Gasteiger charge is -2.26. The van der Waals surface area contributed by atoms with E-state index in [4.69, 9.17) is 4.52 Å². The van der Waals surface area contributed by atoms with Crippen LogP contribution in [0.4, 0.5) is 0 Å². The summed E-state index contributed by atoms with van der Waals surface area (Å²) in [5.41, 5.74) is 1.98. The highest BCUT2D eigenvalue weighted by Crippen LogP contribution is 2.32. The fourth-order valence-electron chi connectivity index (χ4n) is 3.29. The highest BCUT2D eigenvalue weighted by Gasteiger charge is 2.32. The first kappa shape index (κ1) is 17.6. The van der Waals surface area contributed by atoms with E-state index in [-0.39, 0.29) is 11.9 Å². The van der Waals surface area contributed by atoms with Crippen LogP contribution in [0.3, 0.4) is 0 Å². The van der Waals surface area contributed by atoms with Crippen molar-refractivity contribution in [3.05, 3.63) is 47.6 Å². The molecule has 134 valence electrons. The topological polar surface area (TPSA) is 62.5 Å². The van der Waals surface area contributed by atoms with Gasteiger partial charge in [0.2, 0.25) is 5.91 Å². The second-order valence-electron chi connectivity index (χ2n) is 7.09. The molecule has 0 N–H and O–H groups in total. The van der Waals surface area contributed by atoms with Gasteiger partial charge in [0, 0.05) is 37.5 Å². The van der Waals surface area contributed by atoms with Crippen LogP contribution in [0, 0.1) is 0 Å². The summed E-state index contributed by atoms with van der Waals surface area (Å²) in [5.74, 6) is 1.32. The van der Waals surface area contributed by atoms with E-state index >= 15 is 0 Å². The molecule has 1 atom stereocenters. The van der Waals surface area contributed by atoms with E-state index in [9.17, 15) is 4.79 Å². The third-order valence-electron chi connectivity index (χ3n) is 4.61. The summed E-state index contributed by atoms with van der Waals surface area (Å²) in [6.07, 6.45) is 5.55. The summed E-state index contributed by atoms with van der Waals surface area (Å²) in [4.78, 5) is 20.9. The summed E-state index contributed by atoms with van der Waals surface area (Å²) in [7, 11) is 1.96. The van der Waals surface area contributed by atoms with Gasteiger partial charge in [-0.2, -0.15) is 0 Å². The zero-order valence-corrected chi connectivity index (χ0v) is 15.2. The van der Waals surface area contributed by atoms with E-state index in [1.54, 1.807) is 6.20 Å². The van der Waals surface area contributed by atoms with Crippen molar-refractivity contribution in [2.75, 3.05) is 20.1 Å². The minimum atomic E-state index is 0.0375. The van der Waals surface area contributed by atoms with Crippen molar-refractivity contribution in [3.63, 3.8) is 0 Å². The molecular weight excluding hydrogens is 316 g/mol. The highest BCUT2D eigenvalue weighted by atomic mass is 16.5. The van der Waals surface area contributed by atoms with Gasteiger partial charge in [0.25, 0.3) is 0 Å². The maximum Gasteiger partial charge on any atom is 0.237 e. The molecule has 1 saturated heterocycles. The summed E-state index contributed by atoms with van der Waals surface area (Å²) in [5, 5.41) is 4.21. The van der Waals surface area contributed by atoms with E-state index in [0.717, 1.165) is 36.4 Å². The zero-order chi connectivity index (χ0) is 17.8. The maximum absolute atomic E-state index is 12.8. The van der Waals surface area contributed by atoms with Crippen molar-refractivity contribution in [1.29, 1.82) is 0 Å². The minimum absolute atomic E-state index is 0.0375. The Kier molecular flexibility index (Phi) is 5.48. The number of likely N-dealkylation sites (tertiary alicyclic amines) is 1. The summed E-state index contributed by atoms with van der Waals surface area (Å²) in [6, 6.07) is 5.98. The second kappa shape index (κ2) is 7.78. The standard InChI is InChI=1S/C19H26N4O2/c1-14(2)18-10-16(21-25-18)17-7-5-9-23(17)19(24)13-22(3)12-15-6-4-8-20-11-15/h4,6,8,10-11,14,17H,5,7,9,12-13H2,1-3H3/t17-/m1/s1. The minimum Gasteiger partial charge on any atom is -0.361 e. The monoisotopic (exact) mass is 342 g/mol. The van der Waals surface area contributed by atoms with Crippen molar-refractivity contribution in [3.8, 4) is 0 Å². The zero-order valence-electron chi connectivity index (χ0n) is 15.2. The van der Waals surface area contributed by atoms with Crippen LogP contribution in [-0.4, -0.2) is 46.0 Å². The Morgan fingerprint density at radius 1 is 1.48 bits per heavy atom. The second-order valence-corrected chi connectivity index (χ2v) is 7.09. The van der Waals surface area contributed by atoms with Crippen molar-refractivity contribution >= 4 is 5.91 Å². The summed E-state index contributed by atoms with van der Waals surface area (Å²) in [6.45, 7) is 6.04. The normalized spacial score (nSPS) is 17.6. The van der Waals surface area contributed by atoms with Crippen LogP contribution < -0.4 is 0 Å². The Morgan fingerprint density at radius 3 is 3.00 bits per heavy atom. The van der Waals surface area contributed by atoms with Gasteiger partial charge in [-0.1, -0.05) is 25.1 Å². The lowest BCUT2D eigenvalue weighted by atomic mass is 10.1. The molecule has 3 heterocycles. The number of carbonyl (C=O) groups is 1. The van der Waals surface area contributed by atoms with Crippen LogP contribution in [0.25, 0.3) is 0 Å². The number of pyridine rings is 1.